The van der Waals surface area contributed by atoms with Gasteiger partial charge >= 0.3 is 0 Å². The fraction of sp³-hybridized carbons (Fsp3) is 0.500. The van der Waals surface area contributed by atoms with E-state index in [0.717, 1.165) is 11.3 Å². The Kier molecular flexibility index (Phi) is 2.67. The molecule has 0 aliphatic carbocycles. The highest BCUT2D eigenvalue weighted by atomic mass is 16.5. The van der Waals surface area contributed by atoms with Crippen molar-refractivity contribution in [1.29, 1.82) is 0 Å². The molecule has 0 amide bonds. The van der Waals surface area contributed by atoms with E-state index in [2.05, 4.69) is 6.92 Å². The molecule has 2 atom stereocenters. The zero-order valence-electron chi connectivity index (χ0n) is 9.41. The van der Waals surface area contributed by atoms with E-state index in [4.69, 9.17) is 15.2 Å². The van der Waals surface area contributed by atoms with Crippen molar-refractivity contribution in [2.45, 2.75) is 32.6 Å². The average Bonchev–Trinajstić information content (AvgIpc) is 2.24. The molecule has 2 rings (SSSR count). The van der Waals surface area contributed by atoms with Gasteiger partial charge in [0, 0.05) is 0 Å². The molecule has 1 aliphatic heterocycles. The minimum absolute atomic E-state index is 0.0520. The van der Waals surface area contributed by atoms with E-state index < -0.39 is 0 Å². The summed E-state index contributed by atoms with van der Waals surface area (Å²) in [4.78, 5) is 0. The molecule has 0 bridgehead atoms. The van der Waals surface area contributed by atoms with Crippen LogP contribution < -0.4 is 10.5 Å². The van der Waals surface area contributed by atoms with E-state index in [9.17, 15) is 0 Å². The molecule has 1 aromatic rings. The number of hydrogen-bond acceptors (Lipinski definition) is 3. The lowest BCUT2D eigenvalue weighted by atomic mass is 9.91. The molecule has 82 valence electrons. The van der Waals surface area contributed by atoms with Gasteiger partial charge in [-0.05, 0) is 36.6 Å². The molecule has 1 aromatic carbocycles. The van der Waals surface area contributed by atoms with Gasteiger partial charge in [-0.3, -0.25) is 0 Å². The Labute approximate surface area is 90.2 Å². The van der Waals surface area contributed by atoms with Crippen molar-refractivity contribution >= 4 is 0 Å². The number of methoxy groups -OCH3 is 1. The van der Waals surface area contributed by atoms with Crippen LogP contribution in [0.1, 0.15) is 29.7 Å². The van der Waals surface area contributed by atoms with Crippen molar-refractivity contribution in [2.24, 2.45) is 5.73 Å². The smallest absolute Gasteiger partial charge is 0.122 e. The molecule has 3 nitrogen and oxygen atoms in total. The molecule has 0 saturated heterocycles. The molecule has 3 heteroatoms. The van der Waals surface area contributed by atoms with Gasteiger partial charge in [-0.15, -0.1) is 0 Å². The van der Waals surface area contributed by atoms with Crippen molar-refractivity contribution in [3.63, 3.8) is 0 Å². The van der Waals surface area contributed by atoms with Gasteiger partial charge in [0.05, 0.1) is 25.9 Å². The van der Waals surface area contributed by atoms with Gasteiger partial charge in [0.1, 0.15) is 5.75 Å². The van der Waals surface area contributed by atoms with Crippen molar-refractivity contribution < 1.29 is 9.47 Å². The number of fused-ring (bicyclic) bond motifs is 1. The monoisotopic (exact) mass is 207 g/mol. The molecule has 0 radical (unpaired) electrons. The second kappa shape index (κ2) is 3.83. The van der Waals surface area contributed by atoms with Crippen LogP contribution in [-0.2, 0) is 11.3 Å². The minimum atomic E-state index is -0.0520. The Morgan fingerprint density at radius 1 is 1.47 bits per heavy atom. The molecule has 0 unspecified atom stereocenters. The molecule has 1 heterocycles. The van der Waals surface area contributed by atoms with Crippen LogP contribution >= 0.6 is 0 Å². The summed E-state index contributed by atoms with van der Waals surface area (Å²) < 4.78 is 10.9. The van der Waals surface area contributed by atoms with E-state index in [-0.39, 0.29) is 12.1 Å². The fourth-order valence-electron chi connectivity index (χ4n) is 2.14. The SMILES string of the molecule is COc1ccc2c(c1C)[C@H](N)[C@@H](C)OC2. The fourth-order valence-corrected chi connectivity index (χ4v) is 2.14. The predicted molar refractivity (Wildman–Crippen MR) is 58.9 cm³/mol. The number of ether oxygens (including phenoxy) is 2. The third kappa shape index (κ3) is 1.62. The third-order valence-electron chi connectivity index (χ3n) is 3.12. The van der Waals surface area contributed by atoms with Gasteiger partial charge in [0.25, 0.3) is 0 Å². The maximum Gasteiger partial charge on any atom is 0.122 e. The third-order valence-corrected chi connectivity index (χ3v) is 3.12. The van der Waals surface area contributed by atoms with Crippen molar-refractivity contribution in [3.05, 3.63) is 28.8 Å². The van der Waals surface area contributed by atoms with Crippen molar-refractivity contribution in [3.8, 4) is 5.75 Å². The molecule has 0 fully saturated rings. The lowest BCUT2D eigenvalue weighted by Crippen LogP contribution is -2.32. The molecule has 0 aromatic heterocycles. The Morgan fingerprint density at radius 2 is 2.20 bits per heavy atom. The Morgan fingerprint density at radius 3 is 2.87 bits per heavy atom. The molecule has 0 saturated carbocycles. The van der Waals surface area contributed by atoms with Crippen LogP contribution in [-0.4, -0.2) is 13.2 Å². The highest BCUT2D eigenvalue weighted by molar-refractivity contribution is 5.46. The van der Waals surface area contributed by atoms with E-state index in [1.807, 2.05) is 19.1 Å². The van der Waals surface area contributed by atoms with Crippen LogP contribution in [0.3, 0.4) is 0 Å². The van der Waals surface area contributed by atoms with Crippen LogP contribution in [0.25, 0.3) is 0 Å². The normalized spacial score (nSPS) is 24.8. The Bertz CT molecular complexity index is 376. The summed E-state index contributed by atoms with van der Waals surface area (Å²) in [7, 11) is 1.68. The van der Waals surface area contributed by atoms with Gasteiger partial charge < -0.3 is 15.2 Å². The highest BCUT2D eigenvalue weighted by Crippen LogP contribution is 2.34. The summed E-state index contributed by atoms with van der Waals surface area (Å²) in [5.74, 6) is 0.901. The van der Waals surface area contributed by atoms with Crippen LogP contribution in [0.4, 0.5) is 0 Å². The zero-order chi connectivity index (χ0) is 11.0. The number of rotatable bonds is 1. The van der Waals surface area contributed by atoms with Crippen LogP contribution in [0.15, 0.2) is 12.1 Å². The van der Waals surface area contributed by atoms with Gasteiger partial charge in [0.15, 0.2) is 0 Å². The van der Waals surface area contributed by atoms with E-state index in [1.54, 1.807) is 7.11 Å². The van der Waals surface area contributed by atoms with Crippen LogP contribution in [0.5, 0.6) is 5.75 Å². The number of benzene rings is 1. The van der Waals surface area contributed by atoms with E-state index >= 15 is 0 Å². The van der Waals surface area contributed by atoms with Gasteiger partial charge in [-0.2, -0.15) is 0 Å². The summed E-state index contributed by atoms with van der Waals surface area (Å²) >= 11 is 0. The quantitative estimate of drug-likeness (QED) is 0.765. The van der Waals surface area contributed by atoms with E-state index in [1.165, 1.54) is 11.1 Å². The minimum Gasteiger partial charge on any atom is -0.496 e. The first kappa shape index (κ1) is 10.5. The Hall–Kier alpha value is -1.06. The van der Waals surface area contributed by atoms with Crippen molar-refractivity contribution in [2.75, 3.05) is 7.11 Å². The molecular formula is C12H17NO2. The highest BCUT2D eigenvalue weighted by Gasteiger charge is 2.26. The van der Waals surface area contributed by atoms with Gasteiger partial charge in [-0.25, -0.2) is 0 Å². The van der Waals surface area contributed by atoms with Gasteiger partial charge in [-0.1, -0.05) is 6.07 Å². The summed E-state index contributed by atoms with van der Waals surface area (Å²) in [6.45, 7) is 4.71. The first-order valence-electron chi connectivity index (χ1n) is 5.18. The summed E-state index contributed by atoms with van der Waals surface area (Å²) in [6.07, 6.45) is 0.0725. The average molecular weight is 207 g/mol. The van der Waals surface area contributed by atoms with Crippen LogP contribution in [0, 0.1) is 6.92 Å². The largest absolute Gasteiger partial charge is 0.496 e. The number of hydrogen-bond donors (Lipinski definition) is 1. The molecular weight excluding hydrogens is 190 g/mol. The summed E-state index contributed by atoms with van der Waals surface area (Å²) in [5, 5.41) is 0. The molecule has 15 heavy (non-hydrogen) atoms. The first-order valence-corrected chi connectivity index (χ1v) is 5.18. The maximum absolute atomic E-state index is 6.13. The second-order valence-electron chi connectivity index (χ2n) is 4.01. The lowest BCUT2D eigenvalue weighted by molar-refractivity contribution is 0.0210. The summed E-state index contributed by atoms with van der Waals surface area (Å²) in [5.41, 5.74) is 9.64. The Balaban J connectivity index is 2.53. The lowest BCUT2D eigenvalue weighted by Gasteiger charge is -2.30. The zero-order valence-corrected chi connectivity index (χ0v) is 9.41. The van der Waals surface area contributed by atoms with Crippen molar-refractivity contribution in [1.82, 2.24) is 0 Å². The van der Waals surface area contributed by atoms with Gasteiger partial charge in [0.2, 0.25) is 0 Å². The van der Waals surface area contributed by atoms with Crippen LogP contribution in [0.2, 0.25) is 0 Å². The first-order chi connectivity index (χ1) is 7.15. The topological polar surface area (TPSA) is 44.5 Å². The summed E-state index contributed by atoms with van der Waals surface area (Å²) in [6, 6.07) is 3.96. The second-order valence-corrected chi connectivity index (χ2v) is 4.01. The predicted octanol–water partition coefficient (Wildman–Crippen LogP) is 1.92. The molecule has 1 aliphatic rings. The molecule has 0 spiro atoms. The maximum atomic E-state index is 6.13. The molecule has 2 N–H and O–H groups in total. The standard InChI is InChI=1S/C12H17NO2/c1-7-10(14-3)5-4-9-6-15-8(2)12(13)11(7)9/h4-5,8,12H,6,13H2,1-3H3/t8-,12-/m1/s1. The number of nitrogens with two attached hydrogens (primary N) is 1. The van der Waals surface area contributed by atoms with E-state index in [0.29, 0.717) is 6.61 Å².